The van der Waals surface area contributed by atoms with E-state index in [1.165, 1.54) is 13.2 Å². The number of rotatable bonds is 9. The molecular formula is C20H31F3N4O4. The molecule has 176 valence electrons. The molecule has 0 saturated carbocycles. The molecule has 1 rings (SSSR count). The van der Waals surface area contributed by atoms with Crippen molar-refractivity contribution in [1.82, 2.24) is 16.0 Å². The molecule has 1 amide bonds. The maximum Gasteiger partial charge on any atom is 0.422 e. The van der Waals surface area contributed by atoms with E-state index in [0.29, 0.717) is 32.0 Å². The number of nitrogens with zero attached hydrogens (tertiary/aromatic N) is 1. The van der Waals surface area contributed by atoms with Crippen LogP contribution in [-0.2, 0) is 11.3 Å². The number of hydrogen-bond acceptors (Lipinski definition) is 5. The molecule has 0 aliphatic rings. The highest BCUT2D eigenvalue weighted by Gasteiger charge is 2.29. The molecule has 0 aromatic heterocycles. The summed E-state index contributed by atoms with van der Waals surface area (Å²) < 4.78 is 52.0. The van der Waals surface area contributed by atoms with Crippen molar-refractivity contribution in [2.45, 2.75) is 45.5 Å². The number of benzene rings is 1. The summed E-state index contributed by atoms with van der Waals surface area (Å²) in [4.78, 5) is 15.7. The number of methoxy groups -OCH3 is 1. The number of halogens is 3. The predicted molar refractivity (Wildman–Crippen MR) is 112 cm³/mol. The fraction of sp³-hybridized carbons (Fsp3) is 0.600. The lowest BCUT2D eigenvalue weighted by Gasteiger charge is -2.19. The predicted octanol–water partition coefficient (Wildman–Crippen LogP) is 3.22. The minimum absolute atomic E-state index is 0.0172. The molecule has 3 N–H and O–H groups in total. The number of ether oxygens (including phenoxy) is 3. The maximum absolute atomic E-state index is 12.3. The first-order chi connectivity index (χ1) is 14.4. The molecule has 0 spiro atoms. The van der Waals surface area contributed by atoms with Gasteiger partial charge in [0.2, 0.25) is 0 Å². The zero-order chi connectivity index (χ0) is 23.5. The van der Waals surface area contributed by atoms with Crippen LogP contribution in [-0.4, -0.2) is 57.7 Å². The number of guanidine groups is 1. The van der Waals surface area contributed by atoms with E-state index in [4.69, 9.17) is 14.2 Å². The van der Waals surface area contributed by atoms with Gasteiger partial charge in [0.05, 0.1) is 7.11 Å². The Morgan fingerprint density at radius 1 is 1.06 bits per heavy atom. The molecule has 8 nitrogen and oxygen atoms in total. The van der Waals surface area contributed by atoms with Gasteiger partial charge in [-0.15, -0.1) is 0 Å². The van der Waals surface area contributed by atoms with Gasteiger partial charge in [-0.1, -0.05) is 6.07 Å². The smallest absolute Gasteiger partial charge is 0.422 e. The lowest BCUT2D eigenvalue weighted by molar-refractivity contribution is -0.153. The van der Waals surface area contributed by atoms with Gasteiger partial charge in [0.25, 0.3) is 0 Å². The van der Waals surface area contributed by atoms with Crippen molar-refractivity contribution >= 4 is 12.1 Å². The fourth-order valence-corrected chi connectivity index (χ4v) is 2.31. The second-order valence-electron chi connectivity index (χ2n) is 7.52. The first-order valence-corrected chi connectivity index (χ1v) is 9.71. The van der Waals surface area contributed by atoms with Crippen molar-refractivity contribution < 1.29 is 32.2 Å². The van der Waals surface area contributed by atoms with E-state index in [1.807, 2.05) is 0 Å². The third-order valence-electron chi connectivity index (χ3n) is 3.62. The number of alkyl carbamates (subject to hydrolysis) is 1. The number of carbonyl (C=O) groups excluding carboxylic acids is 1. The SMILES string of the molecule is CN=C(NCCCNC(=O)OC(C)(C)C)NCc1ccc(OCC(F)(F)F)c(OC)c1. The quantitative estimate of drug-likeness (QED) is 0.305. The number of amides is 1. The number of aliphatic imine (C=N–C) groups is 1. The lowest BCUT2D eigenvalue weighted by atomic mass is 10.2. The molecule has 0 fully saturated rings. The molecule has 1 aromatic carbocycles. The van der Waals surface area contributed by atoms with Crippen LogP contribution < -0.4 is 25.4 Å². The molecule has 0 saturated heterocycles. The minimum atomic E-state index is -4.42. The van der Waals surface area contributed by atoms with Crippen LogP contribution in [0.3, 0.4) is 0 Å². The molecule has 0 bridgehead atoms. The van der Waals surface area contributed by atoms with Crippen LogP contribution in [0.2, 0.25) is 0 Å². The molecular weight excluding hydrogens is 417 g/mol. The Balaban J connectivity index is 2.42. The zero-order valence-electron chi connectivity index (χ0n) is 18.5. The Bertz CT molecular complexity index is 734. The fourth-order valence-electron chi connectivity index (χ4n) is 2.31. The third kappa shape index (κ3) is 11.8. The summed E-state index contributed by atoms with van der Waals surface area (Å²) in [5, 5.41) is 8.87. The molecule has 0 heterocycles. The Kier molecular flexibility index (Phi) is 10.2. The van der Waals surface area contributed by atoms with Gasteiger partial charge in [0.1, 0.15) is 5.60 Å². The van der Waals surface area contributed by atoms with Gasteiger partial charge >= 0.3 is 12.3 Å². The topological polar surface area (TPSA) is 93.2 Å². The highest BCUT2D eigenvalue weighted by molar-refractivity contribution is 5.79. The lowest BCUT2D eigenvalue weighted by Crippen LogP contribution is -2.39. The second-order valence-corrected chi connectivity index (χ2v) is 7.52. The van der Waals surface area contributed by atoms with Crippen LogP contribution in [0.5, 0.6) is 11.5 Å². The van der Waals surface area contributed by atoms with E-state index >= 15 is 0 Å². The Morgan fingerprint density at radius 3 is 2.32 bits per heavy atom. The van der Waals surface area contributed by atoms with Crippen molar-refractivity contribution in [3.05, 3.63) is 23.8 Å². The summed E-state index contributed by atoms with van der Waals surface area (Å²) in [6.45, 7) is 5.36. The molecule has 0 aliphatic carbocycles. The molecule has 31 heavy (non-hydrogen) atoms. The molecule has 0 atom stereocenters. The monoisotopic (exact) mass is 448 g/mol. The van der Waals surface area contributed by atoms with Crippen molar-refractivity contribution in [2.24, 2.45) is 4.99 Å². The molecule has 0 unspecified atom stereocenters. The normalized spacial score (nSPS) is 12.2. The second kappa shape index (κ2) is 12.1. The first kappa shape index (κ1) is 26.2. The van der Waals surface area contributed by atoms with Crippen molar-refractivity contribution in [3.8, 4) is 11.5 Å². The summed E-state index contributed by atoms with van der Waals surface area (Å²) >= 11 is 0. The van der Waals surface area contributed by atoms with Crippen molar-refractivity contribution in [1.29, 1.82) is 0 Å². The summed E-state index contributed by atoms with van der Waals surface area (Å²) in [5.41, 5.74) is 0.227. The van der Waals surface area contributed by atoms with Crippen molar-refractivity contribution in [3.63, 3.8) is 0 Å². The maximum atomic E-state index is 12.3. The van der Waals surface area contributed by atoms with Crippen LogP contribution in [0.1, 0.15) is 32.8 Å². The largest absolute Gasteiger partial charge is 0.493 e. The Morgan fingerprint density at radius 2 is 1.74 bits per heavy atom. The van der Waals surface area contributed by atoms with E-state index in [0.717, 1.165) is 5.56 Å². The summed E-state index contributed by atoms with van der Waals surface area (Å²) in [6, 6.07) is 4.66. The van der Waals surface area contributed by atoms with Gasteiger partial charge in [0.15, 0.2) is 24.1 Å². The Labute approximate surface area is 180 Å². The van der Waals surface area contributed by atoms with Gasteiger partial charge < -0.3 is 30.2 Å². The number of hydrogen-bond donors (Lipinski definition) is 3. The van der Waals surface area contributed by atoms with E-state index in [9.17, 15) is 18.0 Å². The summed E-state index contributed by atoms with van der Waals surface area (Å²) in [7, 11) is 2.97. The summed E-state index contributed by atoms with van der Waals surface area (Å²) in [5.74, 6) is 0.761. The number of carbonyl (C=O) groups is 1. The number of nitrogens with one attached hydrogen (secondary N) is 3. The average molecular weight is 448 g/mol. The van der Waals surface area contributed by atoms with Crippen LogP contribution in [0.15, 0.2) is 23.2 Å². The van der Waals surface area contributed by atoms with Crippen LogP contribution >= 0.6 is 0 Å². The number of alkyl halides is 3. The van der Waals surface area contributed by atoms with Crippen molar-refractivity contribution in [2.75, 3.05) is 33.9 Å². The standard InChI is InChI=1S/C20H31F3N4O4/c1-19(2,3)31-18(28)26-10-6-9-25-17(24-4)27-12-14-7-8-15(16(11-14)29-5)30-13-20(21,22)23/h7-8,11H,6,9-10,12-13H2,1-5H3,(H,26,28)(H2,24,25,27). The van der Waals surface area contributed by atoms with E-state index in [1.54, 1.807) is 40.0 Å². The van der Waals surface area contributed by atoms with Gasteiger partial charge in [-0.2, -0.15) is 13.2 Å². The summed E-state index contributed by atoms with van der Waals surface area (Å²) in [6.07, 6.45) is -4.24. The molecule has 0 aliphatic heterocycles. The molecule has 1 aromatic rings. The highest BCUT2D eigenvalue weighted by Crippen LogP contribution is 2.29. The van der Waals surface area contributed by atoms with Gasteiger partial charge in [0, 0.05) is 26.7 Å². The first-order valence-electron chi connectivity index (χ1n) is 9.71. The Hall–Kier alpha value is -2.85. The van der Waals surface area contributed by atoms with Gasteiger partial charge in [-0.05, 0) is 44.9 Å². The van der Waals surface area contributed by atoms with Crippen LogP contribution in [0.4, 0.5) is 18.0 Å². The molecule has 0 radical (unpaired) electrons. The van der Waals surface area contributed by atoms with E-state index < -0.39 is 24.5 Å². The van der Waals surface area contributed by atoms with E-state index in [2.05, 4.69) is 20.9 Å². The van der Waals surface area contributed by atoms with E-state index in [-0.39, 0.29) is 11.5 Å². The zero-order valence-corrected chi connectivity index (χ0v) is 18.5. The van der Waals surface area contributed by atoms with Crippen LogP contribution in [0, 0.1) is 0 Å². The third-order valence-corrected chi connectivity index (χ3v) is 3.62. The molecule has 11 heteroatoms. The average Bonchev–Trinajstić information content (AvgIpc) is 2.66. The van der Waals surface area contributed by atoms with Gasteiger partial charge in [-0.25, -0.2) is 4.79 Å². The minimum Gasteiger partial charge on any atom is -0.493 e. The highest BCUT2D eigenvalue weighted by atomic mass is 19.4. The van der Waals surface area contributed by atoms with Gasteiger partial charge in [-0.3, -0.25) is 4.99 Å². The van der Waals surface area contributed by atoms with Crippen LogP contribution in [0.25, 0.3) is 0 Å².